The number of carbonyl (C=O) groups excluding carboxylic acids is 3. The topological polar surface area (TPSA) is 107 Å². The van der Waals surface area contributed by atoms with Crippen molar-refractivity contribution >= 4 is 29.3 Å². The van der Waals surface area contributed by atoms with Gasteiger partial charge in [0.15, 0.2) is 5.69 Å². The number of nitrogens with zero attached hydrogens (tertiary/aromatic N) is 1. The molecule has 0 radical (unpaired) electrons. The summed E-state index contributed by atoms with van der Waals surface area (Å²) in [5.74, 6) is -0.878. The third-order valence-electron chi connectivity index (χ3n) is 2.27. The Hall–Kier alpha value is -2.16. The van der Waals surface area contributed by atoms with Crippen LogP contribution in [0.4, 0.5) is 4.79 Å². The van der Waals surface area contributed by atoms with Gasteiger partial charge >= 0.3 is 12.1 Å². The average Bonchev–Trinajstić information content (AvgIpc) is 2.90. The van der Waals surface area contributed by atoms with Crippen LogP contribution in [0.25, 0.3) is 0 Å². The summed E-state index contributed by atoms with van der Waals surface area (Å²) in [5.41, 5.74) is -0.404. The van der Waals surface area contributed by atoms with Crippen LogP contribution in [0.5, 0.6) is 0 Å². The van der Waals surface area contributed by atoms with Crippen LogP contribution >= 0.6 is 11.3 Å². The summed E-state index contributed by atoms with van der Waals surface area (Å²) in [6.45, 7) is 7.15. The quantitative estimate of drug-likeness (QED) is 0.757. The molecule has 0 aromatic carbocycles. The lowest BCUT2D eigenvalue weighted by atomic mass is 10.2. The van der Waals surface area contributed by atoms with Gasteiger partial charge in [0.25, 0.3) is 0 Å². The minimum Gasteiger partial charge on any atom is -0.461 e. The van der Waals surface area contributed by atoms with Gasteiger partial charge in [-0.1, -0.05) is 0 Å². The summed E-state index contributed by atoms with van der Waals surface area (Å²) in [6.07, 6.45) is -0.661. The fourth-order valence-electron chi connectivity index (χ4n) is 1.39. The van der Waals surface area contributed by atoms with Crippen molar-refractivity contribution in [2.24, 2.45) is 0 Å². The highest BCUT2D eigenvalue weighted by atomic mass is 32.1. The molecule has 8 nitrogen and oxygen atoms in total. The van der Waals surface area contributed by atoms with Crippen LogP contribution in [0.15, 0.2) is 5.38 Å². The molecule has 1 heterocycles. The highest BCUT2D eigenvalue weighted by molar-refractivity contribution is 7.09. The number of ether oxygens (including phenoxy) is 2. The summed E-state index contributed by atoms with van der Waals surface area (Å²) < 4.78 is 9.84. The lowest BCUT2D eigenvalue weighted by molar-refractivity contribution is -0.120. The maximum Gasteiger partial charge on any atom is 0.408 e. The summed E-state index contributed by atoms with van der Waals surface area (Å²) >= 11 is 1.24. The highest BCUT2D eigenvalue weighted by Crippen LogP contribution is 2.10. The van der Waals surface area contributed by atoms with Gasteiger partial charge in [-0.2, -0.15) is 0 Å². The van der Waals surface area contributed by atoms with Gasteiger partial charge in [-0.05, 0) is 27.7 Å². The molecule has 0 unspecified atom stereocenters. The molecule has 0 aliphatic heterocycles. The Balaban J connectivity index is 2.34. The smallest absolute Gasteiger partial charge is 0.408 e. The first-order valence-corrected chi connectivity index (χ1v) is 7.94. The number of alkyl carbamates (subject to hydrolysis) is 1. The van der Waals surface area contributed by atoms with Crippen LogP contribution in [-0.4, -0.2) is 41.7 Å². The number of rotatable bonds is 6. The predicted molar refractivity (Wildman–Crippen MR) is 84.2 cm³/mol. The van der Waals surface area contributed by atoms with Crippen LogP contribution in [0.2, 0.25) is 0 Å². The standard InChI is InChI=1S/C14H21N3O5S/c1-5-21-12(19)9-8-23-11(17-9)7-15-10(18)6-16-13(20)22-14(2,3)4/h8H,5-7H2,1-4H3,(H,15,18)(H,16,20). The number of aromatic nitrogens is 1. The molecule has 23 heavy (non-hydrogen) atoms. The third kappa shape index (κ3) is 7.59. The van der Waals surface area contributed by atoms with E-state index in [1.54, 1.807) is 33.1 Å². The van der Waals surface area contributed by atoms with Crippen molar-refractivity contribution < 1.29 is 23.9 Å². The van der Waals surface area contributed by atoms with Crippen LogP contribution in [-0.2, 0) is 20.8 Å². The fraction of sp³-hybridized carbons (Fsp3) is 0.571. The third-order valence-corrected chi connectivity index (χ3v) is 3.11. The van der Waals surface area contributed by atoms with Gasteiger partial charge < -0.3 is 20.1 Å². The van der Waals surface area contributed by atoms with Gasteiger partial charge in [0, 0.05) is 5.38 Å². The minimum absolute atomic E-state index is 0.166. The Morgan fingerprint density at radius 2 is 1.96 bits per heavy atom. The van der Waals surface area contributed by atoms with Crippen molar-refractivity contribution in [2.45, 2.75) is 39.8 Å². The fourth-order valence-corrected chi connectivity index (χ4v) is 2.10. The molecule has 9 heteroatoms. The number of nitrogens with one attached hydrogen (secondary N) is 2. The van der Waals surface area contributed by atoms with Crippen LogP contribution < -0.4 is 10.6 Å². The number of esters is 1. The highest BCUT2D eigenvalue weighted by Gasteiger charge is 2.17. The molecular weight excluding hydrogens is 322 g/mol. The Morgan fingerprint density at radius 1 is 1.26 bits per heavy atom. The van der Waals surface area contributed by atoms with Crippen molar-refractivity contribution in [3.63, 3.8) is 0 Å². The van der Waals surface area contributed by atoms with E-state index in [0.29, 0.717) is 5.01 Å². The normalized spacial score (nSPS) is 10.8. The Kier molecular flexibility index (Phi) is 6.95. The molecule has 0 saturated carbocycles. The lowest BCUT2D eigenvalue weighted by Crippen LogP contribution is -2.39. The molecule has 1 rings (SSSR count). The molecular formula is C14H21N3O5S. The molecule has 0 atom stereocenters. The van der Waals surface area contributed by atoms with Gasteiger partial charge in [-0.3, -0.25) is 4.79 Å². The second kappa shape index (κ2) is 8.47. The average molecular weight is 343 g/mol. The second-order valence-electron chi connectivity index (χ2n) is 5.48. The van der Waals surface area contributed by atoms with Crippen molar-refractivity contribution in [1.82, 2.24) is 15.6 Å². The predicted octanol–water partition coefficient (Wildman–Crippen LogP) is 1.46. The number of thiazole rings is 1. The zero-order valence-electron chi connectivity index (χ0n) is 13.6. The number of hydrogen-bond donors (Lipinski definition) is 2. The molecule has 0 fully saturated rings. The van der Waals surface area contributed by atoms with Crippen molar-refractivity contribution in [1.29, 1.82) is 0 Å². The summed E-state index contributed by atoms with van der Waals surface area (Å²) in [5, 5.41) is 7.08. The van der Waals surface area contributed by atoms with Gasteiger partial charge in [0.1, 0.15) is 17.2 Å². The van der Waals surface area contributed by atoms with Crippen LogP contribution in [0, 0.1) is 0 Å². The zero-order valence-corrected chi connectivity index (χ0v) is 14.4. The van der Waals surface area contributed by atoms with Gasteiger partial charge in [0.05, 0.1) is 13.2 Å². The summed E-state index contributed by atoms with van der Waals surface area (Å²) in [7, 11) is 0. The molecule has 2 N–H and O–H groups in total. The Labute approximate surface area is 138 Å². The summed E-state index contributed by atoms with van der Waals surface area (Å²) in [4.78, 5) is 38.6. The maximum atomic E-state index is 11.6. The lowest BCUT2D eigenvalue weighted by Gasteiger charge is -2.19. The van der Waals surface area contributed by atoms with E-state index in [-0.39, 0.29) is 31.3 Å². The van der Waals surface area contributed by atoms with E-state index in [4.69, 9.17) is 9.47 Å². The van der Waals surface area contributed by atoms with E-state index < -0.39 is 17.7 Å². The van der Waals surface area contributed by atoms with E-state index in [2.05, 4.69) is 15.6 Å². The van der Waals surface area contributed by atoms with E-state index in [0.717, 1.165) is 0 Å². The first-order valence-electron chi connectivity index (χ1n) is 7.06. The van der Waals surface area contributed by atoms with Gasteiger partial charge in [0.2, 0.25) is 5.91 Å². The van der Waals surface area contributed by atoms with Crippen LogP contribution in [0.1, 0.15) is 43.2 Å². The Morgan fingerprint density at radius 3 is 2.57 bits per heavy atom. The summed E-state index contributed by atoms with van der Waals surface area (Å²) in [6, 6.07) is 0. The minimum atomic E-state index is -0.661. The maximum absolute atomic E-state index is 11.6. The molecule has 1 aromatic heterocycles. The molecule has 0 aliphatic carbocycles. The van der Waals surface area contributed by atoms with E-state index in [1.807, 2.05) is 0 Å². The van der Waals surface area contributed by atoms with E-state index in [1.165, 1.54) is 11.3 Å². The Bertz CT molecular complexity index is 565. The van der Waals surface area contributed by atoms with Crippen molar-refractivity contribution in [3.05, 3.63) is 16.1 Å². The number of hydrogen-bond acceptors (Lipinski definition) is 7. The van der Waals surface area contributed by atoms with E-state index in [9.17, 15) is 14.4 Å². The van der Waals surface area contributed by atoms with Crippen molar-refractivity contribution in [2.75, 3.05) is 13.2 Å². The van der Waals surface area contributed by atoms with Crippen LogP contribution in [0.3, 0.4) is 0 Å². The molecule has 0 aliphatic rings. The van der Waals surface area contributed by atoms with Gasteiger partial charge in [-0.25, -0.2) is 14.6 Å². The van der Waals surface area contributed by atoms with Gasteiger partial charge in [-0.15, -0.1) is 11.3 Å². The second-order valence-corrected chi connectivity index (χ2v) is 6.42. The molecule has 1 aromatic rings. The monoisotopic (exact) mass is 343 g/mol. The molecule has 128 valence electrons. The van der Waals surface area contributed by atoms with E-state index >= 15 is 0 Å². The molecule has 0 bridgehead atoms. The zero-order chi connectivity index (χ0) is 17.5. The number of amides is 2. The molecule has 2 amide bonds. The SMILES string of the molecule is CCOC(=O)c1csc(CNC(=O)CNC(=O)OC(C)(C)C)n1. The molecule has 0 saturated heterocycles. The largest absolute Gasteiger partial charge is 0.461 e. The van der Waals surface area contributed by atoms with Crippen molar-refractivity contribution in [3.8, 4) is 0 Å². The first-order chi connectivity index (χ1) is 10.7. The first kappa shape index (κ1) is 18.9. The molecule has 0 spiro atoms. The number of carbonyl (C=O) groups is 3.